The Kier molecular flexibility index (Phi) is 4.23. The predicted molar refractivity (Wildman–Crippen MR) is 75.6 cm³/mol. The summed E-state index contributed by atoms with van der Waals surface area (Å²) in [5.41, 5.74) is 1.74. The van der Waals surface area contributed by atoms with E-state index in [1.165, 1.54) is 12.1 Å². The summed E-state index contributed by atoms with van der Waals surface area (Å²) in [5.74, 6) is -0.586. The molecule has 0 fully saturated rings. The largest absolute Gasteiger partial charge is 0.294 e. The fourth-order valence-corrected chi connectivity index (χ4v) is 2.31. The molecule has 1 nitrogen and oxygen atoms in total. The van der Waals surface area contributed by atoms with Gasteiger partial charge in [-0.15, -0.1) is 0 Å². The smallest absolute Gasteiger partial charge is 0.167 e. The maximum Gasteiger partial charge on any atom is 0.167 e. The van der Waals surface area contributed by atoms with E-state index in [0.717, 1.165) is 0 Å². The summed E-state index contributed by atoms with van der Waals surface area (Å²) in [4.78, 5) is 12.1. The second-order valence-electron chi connectivity index (χ2n) is 4.35. The molecule has 0 aromatic heterocycles. The number of hydrogen-bond acceptors (Lipinski definition) is 1. The highest BCUT2D eigenvalue weighted by Gasteiger charge is 2.11. The van der Waals surface area contributed by atoms with Crippen molar-refractivity contribution in [3.8, 4) is 0 Å². The number of ketones is 1. The Hall–Kier alpha value is -1.38. The molecule has 0 radical (unpaired) electrons. The average molecular weight is 297 g/mol. The highest BCUT2D eigenvalue weighted by atomic mass is 35.5. The van der Waals surface area contributed by atoms with Crippen LogP contribution in [0.15, 0.2) is 36.4 Å². The fourth-order valence-electron chi connectivity index (χ4n) is 1.84. The molecule has 0 aliphatic heterocycles. The number of halogens is 3. The van der Waals surface area contributed by atoms with E-state index in [9.17, 15) is 9.18 Å². The summed E-state index contributed by atoms with van der Waals surface area (Å²) in [5, 5.41) is 0.955. The van der Waals surface area contributed by atoms with Gasteiger partial charge in [0.2, 0.25) is 0 Å². The van der Waals surface area contributed by atoms with Crippen LogP contribution in [0.3, 0.4) is 0 Å². The highest BCUT2D eigenvalue weighted by Crippen LogP contribution is 2.22. The van der Waals surface area contributed by atoms with E-state index in [4.69, 9.17) is 23.2 Å². The molecular weight excluding hydrogens is 286 g/mol. The molecule has 2 aromatic carbocycles. The van der Waals surface area contributed by atoms with Crippen LogP contribution in [-0.2, 0) is 6.42 Å². The van der Waals surface area contributed by atoms with Gasteiger partial charge in [0, 0.05) is 22.0 Å². The summed E-state index contributed by atoms with van der Waals surface area (Å²) in [7, 11) is 0. The van der Waals surface area contributed by atoms with Gasteiger partial charge in [0.15, 0.2) is 5.78 Å². The predicted octanol–water partition coefficient (Wildman–Crippen LogP) is 4.87. The van der Waals surface area contributed by atoms with E-state index in [1.54, 1.807) is 31.2 Å². The average Bonchev–Trinajstić information content (AvgIpc) is 2.31. The van der Waals surface area contributed by atoms with Crippen molar-refractivity contribution >= 4 is 29.0 Å². The van der Waals surface area contributed by atoms with Crippen molar-refractivity contribution in [2.75, 3.05) is 0 Å². The van der Waals surface area contributed by atoms with E-state index in [2.05, 4.69) is 0 Å². The quantitative estimate of drug-likeness (QED) is 0.739. The van der Waals surface area contributed by atoms with E-state index in [1.807, 2.05) is 0 Å². The van der Waals surface area contributed by atoms with Crippen molar-refractivity contribution in [2.24, 2.45) is 0 Å². The van der Waals surface area contributed by atoms with Gasteiger partial charge in [-0.2, -0.15) is 0 Å². The van der Waals surface area contributed by atoms with Gasteiger partial charge in [0.05, 0.1) is 0 Å². The Morgan fingerprint density at radius 3 is 2.53 bits per heavy atom. The van der Waals surface area contributed by atoms with E-state index in [0.29, 0.717) is 26.7 Å². The first-order valence-electron chi connectivity index (χ1n) is 5.70. The zero-order valence-electron chi connectivity index (χ0n) is 10.2. The molecule has 0 spiro atoms. The van der Waals surface area contributed by atoms with E-state index < -0.39 is 5.82 Å². The third kappa shape index (κ3) is 3.55. The van der Waals surface area contributed by atoms with Gasteiger partial charge in [-0.3, -0.25) is 4.79 Å². The number of aryl methyl sites for hydroxylation is 1. The molecule has 0 saturated carbocycles. The standard InChI is InChI=1S/C15H11Cl2FO/c1-9-4-11(6-13(18)5-9)15(19)7-10-2-3-12(16)8-14(10)17/h2-6,8H,7H2,1H3. The van der Waals surface area contributed by atoms with Gasteiger partial charge < -0.3 is 0 Å². The third-order valence-corrected chi connectivity index (χ3v) is 3.32. The molecule has 2 rings (SSSR count). The normalized spacial score (nSPS) is 10.5. The second kappa shape index (κ2) is 5.72. The number of carbonyl (C=O) groups excluding carboxylic acids is 1. The molecule has 0 aliphatic rings. The summed E-state index contributed by atoms with van der Waals surface area (Å²) in [6.07, 6.45) is 0.124. The second-order valence-corrected chi connectivity index (χ2v) is 5.20. The first-order valence-corrected chi connectivity index (χ1v) is 6.45. The minimum atomic E-state index is -0.412. The molecule has 0 unspecified atom stereocenters. The summed E-state index contributed by atoms with van der Waals surface area (Å²) in [6.45, 7) is 1.75. The zero-order chi connectivity index (χ0) is 14.0. The molecule has 0 atom stereocenters. The summed E-state index contributed by atoms with van der Waals surface area (Å²) in [6, 6.07) is 9.24. The number of carbonyl (C=O) groups is 1. The van der Waals surface area contributed by atoms with Gasteiger partial charge >= 0.3 is 0 Å². The monoisotopic (exact) mass is 296 g/mol. The molecule has 0 saturated heterocycles. The Labute approximate surface area is 121 Å². The molecule has 0 heterocycles. The van der Waals surface area contributed by atoms with Gasteiger partial charge in [-0.1, -0.05) is 29.3 Å². The van der Waals surface area contributed by atoms with Gasteiger partial charge in [-0.25, -0.2) is 4.39 Å². The Bertz CT molecular complexity index is 618. The first kappa shape index (κ1) is 14.0. The van der Waals surface area contributed by atoms with Crippen LogP contribution >= 0.6 is 23.2 Å². The van der Waals surface area contributed by atoms with Gasteiger partial charge in [0.25, 0.3) is 0 Å². The van der Waals surface area contributed by atoms with Crippen LogP contribution in [0.1, 0.15) is 21.5 Å². The van der Waals surface area contributed by atoms with Crippen molar-refractivity contribution in [1.29, 1.82) is 0 Å². The van der Waals surface area contributed by atoms with E-state index in [-0.39, 0.29) is 12.2 Å². The van der Waals surface area contributed by atoms with Crippen LogP contribution < -0.4 is 0 Å². The molecule has 0 amide bonds. The fraction of sp³-hybridized carbons (Fsp3) is 0.133. The number of rotatable bonds is 3. The number of hydrogen-bond donors (Lipinski definition) is 0. The van der Waals surface area contributed by atoms with Crippen LogP contribution in [0.2, 0.25) is 10.0 Å². The maximum absolute atomic E-state index is 13.3. The molecule has 2 aromatic rings. The van der Waals surface area contributed by atoms with Crippen molar-refractivity contribution in [1.82, 2.24) is 0 Å². The lowest BCUT2D eigenvalue weighted by Crippen LogP contribution is -2.05. The minimum absolute atomic E-state index is 0.124. The van der Waals surface area contributed by atoms with Crippen LogP contribution in [0.4, 0.5) is 4.39 Å². The summed E-state index contributed by atoms with van der Waals surface area (Å²) >= 11 is 11.8. The van der Waals surface area contributed by atoms with Crippen molar-refractivity contribution in [3.63, 3.8) is 0 Å². The van der Waals surface area contributed by atoms with E-state index >= 15 is 0 Å². The first-order chi connectivity index (χ1) is 8.95. The Balaban J connectivity index is 2.25. The molecular formula is C15H11Cl2FO. The maximum atomic E-state index is 13.3. The van der Waals surface area contributed by atoms with Crippen LogP contribution in [-0.4, -0.2) is 5.78 Å². The van der Waals surface area contributed by atoms with Gasteiger partial charge in [-0.05, 0) is 48.4 Å². The third-order valence-electron chi connectivity index (χ3n) is 2.73. The number of benzene rings is 2. The van der Waals surface area contributed by atoms with Crippen LogP contribution in [0.25, 0.3) is 0 Å². The van der Waals surface area contributed by atoms with Crippen LogP contribution in [0, 0.1) is 12.7 Å². The zero-order valence-corrected chi connectivity index (χ0v) is 11.7. The molecule has 0 aliphatic carbocycles. The highest BCUT2D eigenvalue weighted by molar-refractivity contribution is 6.35. The lowest BCUT2D eigenvalue weighted by molar-refractivity contribution is 0.0992. The topological polar surface area (TPSA) is 17.1 Å². The van der Waals surface area contributed by atoms with Gasteiger partial charge in [0.1, 0.15) is 5.82 Å². The SMILES string of the molecule is Cc1cc(F)cc(C(=O)Cc2ccc(Cl)cc2Cl)c1. The van der Waals surface area contributed by atoms with Crippen molar-refractivity contribution in [2.45, 2.75) is 13.3 Å². The van der Waals surface area contributed by atoms with Crippen molar-refractivity contribution < 1.29 is 9.18 Å². The summed E-state index contributed by atoms with van der Waals surface area (Å²) < 4.78 is 13.3. The molecule has 19 heavy (non-hydrogen) atoms. The molecule has 0 bridgehead atoms. The van der Waals surface area contributed by atoms with Crippen molar-refractivity contribution in [3.05, 3.63) is 69.0 Å². The Morgan fingerprint density at radius 2 is 1.89 bits per heavy atom. The number of Topliss-reactive ketones (excluding diaryl/α,β-unsaturated/α-hetero) is 1. The van der Waals surface area contributed by atoms with Crippen LogP contribution in [0.5, 0.6) is 0 Å². The minimum Gasteiger partial charge on any atom is -0.294 e. The lowest BCUT2D eigenvalue weighted by Gasteiger charge is -2.05. The lowest BCUT2D eigenvalue weighted by atomic mass is 10.0. The molecule has 0 N–H and O–H groups in total. The Morgan fingerprint density at radius 1 is 1.16 bits per heavy atom. The molecule has 4 heteroatoms. The molecule has 98 valence electrons.